The number of hydrogen-bond acceptors (Lipinski definition) is 3. The third-order valence-corrected chi connectivity index (χ3v) is 4.34. The molecular formula is C22H29NO3. The van der Waals surface area contributed by atoms with Gasteiger partial charge in [0.05, 0.1) is 0 Å². The van der Waals surface area contributed by atoms with Crippen LogP contribution in [0.25, 0.3) is 0 Å². The van der Waals surface area contributed by atoms with E-state index in [9.17, 15) is 4.79 Å². The lowest BCUT2D eigenvalue weighted by Gasteiger charge is -2.28. The number of carbonyl (C=O) groups is 1. The highest BCUT2D eigenvalue weighted by Crippen LogP contribution is 2.25. The highest BCUT2D eigenvalue weighted by molar-refractivity contribution is 5.97. The van der Waals surface area contributed by atoms with Crippen LogP contribution in [0, 0.1) is 6.92 Å². The van der Waals surface area contributed by atoms with Crippen LogP contribution in [0.4, 0.5) is 5.69 Å². The zero-order chi connectivity index (χ0) is 19.0. The largest absolute Gasteiger partial charge is 0.489 e. The maximum Gasteiger partial charge on any atom is 0.256 e. The van der Waals surface area contributed by atoms with Gasteiger partial charge in [-0.15, -0.1) is 0 Å². The summed E-state index contributed by atoms with van der Waals surface area (Å²) in [6.07, 6.45) is 1.57. The van der Waals surface area contributed by atoms with Crippen molar-refractivity contribution in [2.75, 3.05) is 11.9 Å². The quantitative estimate of drug-likeness (QED) is 0.680. The van der Waals surface area contributed by atoms with Gasteiger partial charge < -0.3 is 14.8 Å². The molecule has 1 atom stereocenters. The first-order chi connectivity index (χ1) is 12.5. The summed E-state index contributed by atoms with van der Waals surface area (Å²) in [7, 11) is 0. The van der Waals surface area contributed by atoms with Crippen molar-refractivity contribution in [2.24, 2.45) is 0 Å². The van der Waals surface area contributed by atoms with Crippen LogP contribution < -0.4 is 10.1 Å². The van der Waals surface area contributed by atoms with Gasteiger partial charge in [0, 0.05) is 12.3 Å². The van der Waals surface area contributed by atoms with Gasteiger partial charge in [-0.25, -0.2) is 0 Å². The smallest absolute Gasteiger partial charge is 0.256 e. The second kappa shape index (κ2) is 9.39. The lowest BCUT2D eigenvalue weighted by molar-refractivity contribution is -0.139. The fourth-order valence-electron chi connectivity index (χ4n) is 2.93. The second-order valence-electron chi connectivity index (χ2n) is 6.62. The van der Waals surface area contributed by atoms with E-state index in [1.165, 1.54) is 0 Å². The van der Waals surface area contributed by atoms with Crippen molar-refractivity contribution in [3.8, 4) is 5.75 Å². The van der Waals surface area contributed by atoms with E-state index < -0.39 is 5.60 Å². The molecule has 0 saturated heterocycles. The van der Waals surface area contributed by atoms with E-state index in [-0.39, 0.29) is 5.91 Å². The molecule has 0 heterocycles. The lowest BCUT2D eigenvalue weighted by atomic mass is 9.99. The molecule has 2 aromatic carbocycles. The van der Waals surface area contributed by atoms with Crippen molar-refractivity contribution in [1.29, 1.82) is 0 Å². The number of nitrogens with one attached hydrogen (secondary N) is 1. The first-order valence-corrected chi connectivity index (χ1v) is 9.21. The molecule has 1 amide bonds. The summed E-state index contributed by atoms with van der Waals surface area (Å²) in [6.45, 7) is 8.81. The Morgan fingerprint density at radius 3 is 2.46 bits per heavy atom. The summed E-state index contributed by atoms with van der Waals surface area (Å²) >= 11 is 0. The van der Waals surface area contributed by atoms with Crippen molar-refractivity contribution in [1.82, 2.24) is 0 Å². The number of aryl methyl sites for hydroxylation is 1. The van der Waals surface area contributed by atoms with E-state index >= 15 is 0 Å². The summed E-state index contributed by atoms with van der Waals surface area (Å²) in [5.74, 6) is 0.700. The molecule has 2 aromatic rings. The van der Waals surface area contributed by atoms with E-state index in [2.05, 4.69) is 5.32 Å². The van der Waals surface area contributed by atoms with Gasteiger partial charge in [-0.1, -0.05) is 43.7 Å². The topological polar surface area (TPSA) is 47.6 Å². The Hall–Kier alpha value is -2.33. The molecule has 0 aliphatic rings. The minimum absolute atomic E-state index is 0.112. The van der Waals surface area contributed by atoms with Crippen molar-refractivity contribution in [3.05, 3.63) is 59.7 Å². The summed E-state index contributed by atoms with van der Waals surface area (Å²) < 4.78 is 11.6. The van der Waals surface area contributed by atoms with Crippen molar-refractivity contribution in [3.63, 3.8) is 0 Å². The minimum Gasteiger partial charge on any atom is -0.489 e. The summed E-state index contributed by atoms with van der Waals surface area (Å²) in [4.78, 5) is 12.7. The van der Waals surface area contributed by atoms with Crippen LogP contribution >= 0.6 is 0 Å². The van der Waals surface area contributed by atoms with Crippen LogP contribution in [0.15, 0.2) is 48.5 Å². The number of anilines is 1. The zero-order valence-corrected chi connectivity index (χ0v) is 16.2. The third kappa shape index (κ3) is 5.33. The second-order valence-corrected chi connectivity index (χ2v) is 6.62. The zero-order valence-electron chi connectivity index (χ0n) is 16.2. The number of hydrogen-bond donors (Lipinski definition) is 1. The number of ether oxygens (including phenoxy) is 2. The van der Waals surface area contributed by atoms with Crippen LogP contribution in [0.1, 0.15) is 44.7 Å². The van der Waals surface area contributed by atoms with Crippen molar-refractivity contribution < 1.29 is 14.3 Å². The molecule has 26 heavy (non-hydrogen) atoms. The first kappa shape index (κ1) is 20.0. The Balaban J connectivity index is 2.03. The van der Waals surface area contributed by atoms with Gasteiger partial charge in [-0.2, -0.15) is 0 Å². The molecule has 140 valence electrons. The molecular weight excluding hydrogens is 326 g/mol. The number of carbonyl (C=O) groups excluding carboxylic acids is 1. The maximum absolute atomic E-state index is 12.7. The van der Waals surface area contributed by atoms with Gasteiger partial charge in [0.1, 0.15) is 18.0 Å². The standard InChI is InChI=1S/C22H29NO3/c1-5-14-22(4,26-6-2)21(24)23-19-12-13-20(17(3)15-19)25-16-18-10-8-7-9-11-18/h7-13,15H,5-6,14,16H2,1-4H3,(H,23,24). The SMILES string of the molecule is CCCC(C)(OCC)C(=O)Nc1ccc(OCc2ccccc2)c(C)c1. The molecule has 0 fully saturated rings. The third-order valence-electron chi connectivity index (χ3n) is 4.34. The van der Waals surface area contributed by atoms with E-state index in [1.54, 1.807) is 0 Å². The Morgan fingerprint density at radius 2 is 1.85 bits per heavy atom. The molecule has 1 N–H and O–H groups in total. The summed E-state index contributed by atoms with van der Waals surface area (Å²) in [5, 5.41) is 2.97. The molecule has 0 radical (unpaired) electrons. The molecule has 0 aliphatic carbocycles. The van der Waals surface area contributed by atoms with E-state index in [0.717, 1.165) is 29.0 Å². The Morgan fingerprint density at radius 1 is 1.12 bits per heavy atom. The highest BCUT2D eigenvalue weighted by atomic mass is 16.5. The summed E-state index contributed by atoms with van der Waals surface area (Å²) in [6, 6.07) is 15.7. The molecule has 4 heteroatoms. The predicted molar refractivity (Wildman–Crippen MR) is 106 cm³/mol. The van der Waals surface area contributed by atoms with E-state index in [1.807, 2.05) is 76.2 Å². The summed E-state index contributed by atoms with van der Waals surface area (Å²) in [5.41, 5.74) is 2.05. The predicted octanol–water partition coefficient (Wildman–Crippen LogP) is 5.11. The monoisotopic (exact) mass is 355 g/mol. The van der Waals surface area contributed by atoms with Crippen molar-refractivity contribution >= 4 is 11.6 Å². The van der Waals surface area contributed by atoms with Crippen LogP contribution in [-0.2, 0) is 16.1 Å². The molecule has 0 aromatic heterocycles. The fraction of sp³-hybridized carbons (Fsp3) is 0.409. The molecule has 0 saturated carbocycles. The molecule has 0 aliphatic heterocycles. The minimum atomic E-state index is -0.806. The molecule has 1 unspecified atom stereocenters. The van der Waals surface area contributed by atoms with Gasteiger partial charge in [0.2, 0.25) is 0 Å². The Kier molecular flexibility index (Phi) is 7.22. The van der Waals surface area contributed by atoms with Gasteiger partial charge in [0.15, 0.2) is 0 Å². The molecule has 4 nitrogen and oxygen atoms in total. The van der Waals surface area contributed by atoms with E-state index in [0.29, 0.717) is 19.6 Å². The van der Waals surface area contributed by atoms with Gasteiger partial charge in [-0.3, -0.25) is 4.79 Å². The Labute approximate surface area is 156 Å². The van der Waals surface area contributed by atoms with Gasteiger partial charge in [0.25, 0.3) is 5.91 Å². The van der Waals surface area contributed by atoms with Crippen LogP contribution in [0.3, 0.4) is 0 Å². The highest BCUT2D eigenvalue weighted by Gasteiger charge is 2.32. The fourth-order valence-corrected chi connectivity index (χ4v) is 2.93. The average molecular weight is 355 g/mol. The number of benzene rings is 2. The Bertz CT molecular complexity index is 707. The van der Waals surface area contributed by atoms with Gasteiger partial charge >= 0.3 is 0 Å². The molecule has 0 spiro atoms. The van der Waals surface area contributed by atoms with Crippen LogP contribution in [0.5, 0.6) is 5.75 Å². The van der Waals surface area contributed by atoms with E-state index in [4.69, 9.17) is 9.47 Å². The lowest BCUT2D eigenvalue weighted by Crippen LogP contribution is -2.42. The van der Waals surface area contributed by atoms with Gasteiger partial charge in [-0.05, 0) is 56.5 Å². The maximum atomic E-state index is 12.7. The van der Waals surface area contributed by atoms with Crippen LogP contribution in [0.2, 0.25) is 0 Å². The first-order valence-electron chi connectivity index (χ1n) is 9.21. The van der Waals surface area contributed by atoms with Crippen LogP contribution in [-0.4, -0.2) is 18.1 Å². The average Bonchev–Trinajstić information content (AvgIpc) is 2.62. The van der Waals surface area contributed by atoms with Crippen molar-refractivity contribution in [2.45, 2.75) is 52.7 Å². The molecule has 2 rings (SSSR count). The molecule has 0 bridgehead atoms. The normalized spacial score (nSPS) is 13.1. The number of rotatable bonds is 9. The number of amides is 1.